The van der Waals surface area contributed by atoms with E-state index >= 15 is 0 Å². The average Bonchev–Trinajstić information content (AvgIpc) is 2.74. The van der Waals surface area contributed by atoms with Crippen molar-refractivity contribution in [1.29, 1.82) is 0 Å². The molecular weight excluding hydrogens is 395 g/mol. The van der Waals surface area contributed by atoms with Crippen LogP contribution in [0.5, 0.6) is 0 Å². The number of methoxy groups -OCH3 is 1. The van der Waals surface area contributed by atoms with Gasteiger partial charge in [-0.3, -0.25) is 0 Å². The van der Waals surface area contributed by atoms with Crippen LogP contribution >= 0.6 is 0 Å². The van der Waals surface area contributed by atoms with Crippen LogP contribution in [0.2, 0.25) is 5.21 Å². The van der Waals surface area contributed by atoms with Crippen LogP contribution in [0.15, 0.2) is 103 Å². The third-order valence-corrected chi connectivity index (χ3v) is 14.1. The number of hydrogen-bond acceptors (Lipinski definition) is 2. The second-order valence-corrected chi connectivity index (χ2v) is 13.8. The van der Waals surface area contributed by atoms with E-state index in [4.69, 9.17) is 4.74 Å². The van der Waals surface area contributed by atoms with Gasteiger partial charge in [-0.25, -0.2) is 0 Å². The van der Waals surface area contributed by atoms with Crippen LogP contribution in [0.25, 0.3) is 0 Å². The normalized spacial score (nSPS) is 11.9. The van der Waals surface area contributed by atoms with Gasteiger partial charge in [0, 0.05) is 0 Å². The first-order valence-corrected chi connectivity index (χ1v) is 13.1. The maximum atomic E-state index is 11.8. The van der Waals surface area contributed by atoms with Crippen molar-refractivity contribution in [2.75, 3.05) is 7.11 Å². The molecule has 0 radical (unpaired) electrons. The fourth-order valence-electron chi connectivity index (χ4n) is 3.45. The summed E-state index contributed by atoms with van der Waals surface area (Å²) in [6.45, 7) is 2.03. The fraction of sp³-hybridized carbons (Fsp3) is 0.125. The number of ether oxygens (including phenoxy) is 1. The molecule has 0 spiro atoms. The van der Waals surface area contributed by atoms with Crippen molar-refractivity contribution in [3.63, 3.8) is 0 Å². The number of benzene rings is 3. The molecule has 2 nitrogen and oxygen atoms in total. The molecule has 3 aromatic rings. The summed E-state index contributed by atoms with van der Waals surface area (Å²) in [5, 5.41) is 0.853. The fourth-order valence-corrected chi connectivity index (χ4v) is 12.5. The van der Waals surface area contributed by atoms with Crippen LogP contribution in [0.1, 0.15) is 6.92 Å². The van der Waals surface area contributed by atoms with Crippen LogP contribution in [0.4, 0.5) is 0 Å². The minimum absolute atomic E-state index is 0.296. The summed E-state index contributed by atoms with van der Waals surface area (Å²) >= 11 is -2.81. The summed E-state index contributed by atoms with van der Waals surface area (Å²) in [7, 11) is 1.42. The number of esters is 1. The molecule has 0 fully saturated rings. The molecule has 0 N–H and O–H groups in total. The van der Waals surface area contributed by atoms with Gasteiger partial charge in [-0.15, -0.1) is 0 Å². The number of carbonyl (C=O) groups excluding carboxylic acids is 1. The van der Waals surface area contributed by atoms with Crippen LogP contribution in [0, 0.1) is 0 Å². The Kier molecular flexibility index (Phi) is 6.31. The number of carbonyl (C=O) groups is 1. The van der Waals surface area contributed by atoms with Crippen molar-refractivity contribution in [1.82, 2.24) is 0 Å². The van der Waals surface area contributed by atoms with Gasteiger partial charge in [-0.2, -0.15) is 0 Å². The predicted octanol–water partition coefficient (Wildman–Crippen LogP) is 3.28. The van der Waals surface area contributed by atoms with E-state index in [-0.39, 0.29) is 5.97 Å². The Morgan fingerprint density at radius 3 is 1.48 bits per heavy atom. The summed E-state index contributed by atoms with van der Waals surface area (Å²) < 4.78 is 8.96. The Bertz CT molecular complexity index is 806. The van der Waals surface area contributed by atoms with E-state index < -0.39 is 13.6 Å². The van der Waals surface area contributed by atoms with Crippen molar-refractivity contribution in [3.05, 3.63) is 103 Å². The zero-order chi connectivity index (χ0) is 19.1. The molecule has 3 rings (SSSR count). The average molecular weight is 419 g/mol. The second kappa shape index (κ2) is 8.88. The third-order valence-electron chi connectivity index (χ3n) is 4.64. The summed E-state index contributed by atoms with van der Waals surface area (Å²) in [6.07, 6.45) is 1.63. The molecule has 0 bridgehead atoms. The molecule has 3 heteroatoms. The van der Waals surface area contributed by atoms with Crippen molar-refractivity contribution >= 4 is 32.6 Å². The molecule has 0 saturated carbocycles. The van der Waals surface area contributed by atoms with E-state index in [1.807, 2.05) is 6.92 Å². The Morgan fingerprint density at radius 2 is 1.15 bits per heavy atom. The number of rotatable bonds is 6. The summed E-state index contributed by atoms with van der Waals surface area (Å²) in [5.41, 5.74) is 1.05. The molecule has 0 aromatic heterocycles. The SMILES string of the molecule is COC(=O)/C=C(\C)C[As+](c1ccccc1)(c1ccccc1)c1ccccc1. The molecule has 0 unspecified atom stereocenters. The Hall–Kier alpha value is -2.57. The number of hydrogen-bond donors (Lipinski definition) is 0. The zero-order valence-corrected chi connectivity index (χ0v) is 17.6. The molecule has 0 saturated heterocycles. The topological polar surface area (TPSA) is 26.3 Å². The van der Waals surface area contributed by atoms with Gasteiger partial charge in [-0.1, -0.05) is 0 Å². The molecule has 0 heterocycles. The van der Waals surface area contributed by atoms with Gasteiger partial charge < -0.3 is 0 Å². The van der Waals surface area contributed by atoms with E-state index in [2.05, 4.69) is 91.0 Å². The van der Waals surface area contributed by atoms with E-state index in [1.54, 1.807) is 6.08 Å². The maximum absolute atomic E-state index is 11.8. The molecule has 27 heavy (non-hydrogen) atoms. The minimum atomic E-state index is -2.81. The van der Waals surface area contributed by atoms with Gasteiger partial charge in [0.05, 0.1) is 0 Å². The molecule has 0 aliphatic rings. The summed E-state index contributed by atoms with van der Waals surface area (Å²) in [5.74, 6) is -0.296. The monoisotopic (exact) mass is 419 g/mol. The van der Waals surface area contributed by atoms with Gasteiger partial charge in [0.15, 0.2) is 0 Å². The van der Waals surface area contributed by atoms with Crippen molar-refractivity contribution in [2.45, 2.75) is 12.1 Å². The first kappa shape index (κ1) is 19.2. The van der Waals surface area contributed by atoms with Crippen molar-refractivity contribution < 1.29 is 9.53 Å². The van der Waals surface area contributed by atoms with Gasteiger partial charge in [0.25, 0.3) is 0 Å². The predicted molar refractivity (Wildman–Crippen MR) is 115 cm³/mol. The molecule has 0 aliphatic carbocycles. The van der Waals surface area contributed by atoms with E-state index in [0.29, 0.717) is 0 Å². The molecular formula is C24H24AsO2+. The van der Waals surface area contributed by atoms with Crippen LogP contribution in [0.3, 0.4) is 0 Å². The third kappa shape index (κ3) is 4.23. The van der Waals surface area contributed by atoms with Crippen LogP contribution < -0.4 is 13.1 Å². The van der Waals surface area contributed by atoms with E-state index in [1.165, 1.54) is 20.2 Å². The Labute approximate surface area is 164 Å². The van der Waals surface area contributed by atoms with Gasteiger partial charge in [0.2, 0.25) is 0 Å². The first-order chi connectivity index (χ1) is 13.2. The van der Waals surface area contributed by atoms with Crippen LogP contribution in [-0.4, -0.2) is 26.6 Å². The second-order valence-electron chi connectivity index (χ2n) is 6.49. The zero-order valence-electron chi connectivity index (χ0n) is 15.7. The van der Waals surface area contributed by atoms with Gasteiger partial charge in [0.1, 0.15) is 0 Å². The first-order valence-electron chi connectivity index (χ1n) is 8.97. The van der Waals surface area contributed by atoms with E-state index in [9.17, 15) is 4.79 Å². The van der Waals surface area contributed by atoms with Gasteiger partial charge >= 0.3 is 164 Å². The van der Waals surface area contributed by atoms with Crippen molar-refractivity contribution in [3.8, 4) is 0 Å². The van der Waals surface area contributed by atoms with Gasteiger partial charge in [-0.05, 0) is 0 Å². The molecule has 0 amide bonds. The van der Waals surface area contributed by atoms with Crippen LogP contribution in [-0.2, 0) is 9.53 Å². The summed E-state index contributed by atoms with van der Waals surface area (Å²) in [4.78, 5) is 11.8. The Balaban J connectivity index is 2.26. The van der Waals surface area contributed by atoms with E-state index in [0.717, 1.165) is 10.8 Å². The molecule has 0 aliphatic heterocycles. The standard InChI is InChI=1S/C24H24AsO2/c1-20(18-24(26)27-2)19-25(21-12-6-3-7-13-21,22-14-8-4-9-15-22)23-16-10-5-11-17-23/h3-18H,19H2,1-2H3/q+1/b20-18+. The number of allylic oxidation sites excluding steroid dienone is 1. The van der Waals surface area contributed by atoms with Crippen molar-refractivity contribution in [2.24, 2.45) is 0 Å². The Morgan fingerprint density at radius 1 is 0.778 bits per heavy atom. The quantitative estimate of drug-likeness (QED) is 0.348. The molecule has 3 aromatic carbocycles. The summed E-state index contributed by atoms with van der Waals surface area (Å²) in [6, 6.07) is 32.2. The molecule has 136 valence electrons. The molecule has 0 atom stereocenters.